The van der Waals surface area contributed by atoms with Crippen molar-refractivity contribution in [2.75, 3.05) is 45.3 Å². The summed E-state index contributed by atoms with van der Waals surface area (Å²) in [5.74, 6) is 1.66. The molecule has 10 heteroatoms. The normalized spacial score (nSPS) is 19.8. The summed E-state index contributed by atoms with van der Waals surface area (Å²) >= 11 is 0. The van der Waals surface area contributed by atoms with Gasteiger partial charge in [0.1, 0.15) is 5.75 Å². The summed E-state index contributed by atoms with van der Waals surface area (Å²) in [7, 11) is 1.64. The molecule has 1 atom stereocenters. The number of nitrogens with one attached hydrogen (secondary N) is 1. The van der Waals surface area contributed by atoms with Crippen molar-refractivity contribution in [2.24, 2.45) is 5.73 Å². The van der Waals surface area contributed by atoms with Gasteiger partial charge in [-0.15, -0.1) is 15.3 Å². The topological polar surface area (TPSA) is 120 Å². The van der Waals surface area contributed by atoms with Crippen LogP contribution in [0.15, 0.2) is 72.3 Å². The fraction of sp³-hybridized carbons (Fsp3) is 0.310. The van der Waals surface area contributed by atoms with Crippen molar-refractivity contribution in [2.45, 2.75) is 18.4 Å². The van der Waals surface area contributed by atoms with Gasteiger partial charge in [-0.1, -0.05) is 42.5 Å². The third-order valence-corrected chi connectivity index (χ3v) is 7.49. The summed E-state index contributed by atoms with van der Waals surface area (Å²) in [5.41, 5.74) is 7.30. The lowest BCUT2D eigenvalue weighted by molar-refractivity contribution is -0.114. The summed E-state index contributed by atoms with van der Waals surface area (Å²) in [4.78, 5) is 14.6. The van der Waals surface area contributed by atoms with Crippen molar-refractivity contribution in [1.29, 1.82) is 0 Å². The summed E-state index contributed by atoms with van der Waals surface area (Å²) < 4.78 is 12.6. The van der Waals surface area contributed by atoms with Crippen LogP contribution in [0.3, 0.4) is 0 Å². The number of hydrogen-bond donors (Lipinski definition) is 2. The van der Waals surface area contributed by atoms with E-state index in [0.29, 0.717) is 29.3 Å². The maximum atomic E-state index is 12.2. The molecule has 3 heterocycles. The number of nitrogens with zero attached hydrogens (tertiary/aromatic N) is 5. The number of fused-ring (bicyclic) bond motifs is 3. The van der Waals surface area contributed by atoms with Crippen LogP contribution in [-0.2, 0) is 9.53 Å². The molecule has 10 nitrogen and oxygen atoms in total. The molecule has 2 aromatic heterocycles. The van der Waals surface area contributed by atoms with E-state index in [0.717, 1.165) is 61.4 Å². The third kappa shape index (κ3) is 4.96. The van der Waals surface area contributed by atoms with Gasteiger partial charge in [0.2, 0.25) is 5.91 Å². The average molecular weight is 526 g/mol. The number of hydrogen-bond acceptors (Lipinski definition) is 8. The minimum atomic E-state index is -0.560. The van der Waals surface area contributed by atoms with E-state index in [1.54, 1.807) is 17.7 Å². The number of carbonyl (C=O) groups excluding carboxylic acids is 1. The largest absolute Gasteiger partial charge is 0.497 e. The smallest absolute Gasteiger partial charge is 0.244 e. The van der Waals surface area contributed by atoms with Gasteiger partial charge >= 0.3 is 0 Å². The maximum absolute atomic E-state index is 12.2. The molecule has 4 aromatic rings. The third-order valence-electron chi connectivity index (χ3n) is 7.49. The molecule has 1 saturated heterocycles. The van der Waals surface area contributed by atoms with Crippen LogP contribution in [0.4, 0.5) is 5.82 Å². The van der Waals surface area contributed by atoms with E-state index < -0.39 is 11.4 Å². The van der Waals surface area contributed by atoms with Crippen molar-refractivity contribution < 1.29 is 14.3 Å². The summed E-state index contributed by atoms with van der Waals surface area (Å²) in [6.07, 6.45) is 7.06. The molecule has 2 aromatic carbocycles. The van der Waals surface area contributed by atoms with Crippen molar-refractivity contribution in [3.05, 3.63) is 72.3 Å². The molecule has 1 unspecified atom stereocenters. The maximum Gasteiger partial charge on any atom is 0.244 e. The minimum absolute atomic E-state index is 0.411. The fourth-order valence-electron chi connectivity index (χ4n) is 5.31. The van der Waals surface area contributed by atoms with Crippen LogP contribution >= 0.6 is 0 Å². The Labute approximate surface area is 226 Å². The molecule has 2 aliphatic rings. The van der Waals surface area contributed by atoms with Crippen LogP contribution in [0, 0.1) is 0 Å². The Bertz CT molecular complexity index is 1570. The van der Waals surface area contributed by atoms with Crippen molar-refractivity contribution in [3.8, 4) is 17.1 Å². The molecular weight excluding hydrogens is 494 g/mol. The summed E-state index contributed by atoms with van der Waals surface area (Å²) in [5, 5.41) is 19.6. The minimum Gasteiger partial charge on any atom is -0.497 e. The van der Waals surface area contributed by atoms with E-state index >= 15 is 0 Å². The van der Waals surface area contributed by atoms with Crippen LogP contribution in [0.25, 0.3) is 27.8 Å². The zero-order valence-corrected chi connectivity index (χ0v) is 21.8. The van der Waals surface area contributed by atoms with Gasteiger partial charge in [0.05, 0.1) is 25.9 Å². The molecule has 0 spiro atoms. The number of methoxy groups -OCH3 is 1. The van der Waals surface area contributed by atoms with Gasteiger partial charge in [0.25, 0.3) is 0 Å². The van der Waals surface area contributed by atoms with Crippen LogP contribution in [0.5, 0.6) is 5.75 Å². The molecule has 0 saturated carbocycles. The van der Waals surface area contributed by atoms with Gasteiger partial charge in [0, 0.05) is 48.0 Å². The quantitative estimate of drug-likeness (QED) is 0.360. The molecule has 200 valence electrons. The molecule has 0 radical (unpaired) electrons. The number of amides is 1. The Morgan fingerprint density at radius 2 is 1.87 bits per heavy atom. The van der Waals surface area contributed by atoms with Crippen LogP contribution in [0.1, 0.15) is 12.8 Å². The molecule has 6 rings (SSSR count). The van der Waals surface area contributed by atoms with E-state index in [-0.39, 0.29) is 0 Å². The predicted molar refractivity (Wildman–Crippen MR) is 150 cm³/mol. The lowest BCUT2D eigenvalue weighted by Gasteiger charge is -2.37. The first-order chi connectivity index (χ1) is 19.0. The average Bonchev–Trinajstić information content (AvgIpc) is 3.41. The molecular formula is C29H31N7O3. The second-order valence-electron chi connectivity index (χ2n) is 9.96. The molecule has 1 fully saturated rings. The highest BCUT2D eigenvalue weighted by Crippen LogP contribution is 2.34. The molecule has 1 aliphatic heterocycles. The van der Waals surface area contributed by atoms with E-state index in [4.69, 9.17) is 20.3 Å². The van der Waals surface area contributed by atoms with Gasteiger partial charge < -0.3 is 20.5 Å². The lowest BCUT2D eigenvalue weighted by Crippen LogP contribution is -2.45. The molecule has 3 N–H and O–H groups in total. The molecule has 39 heavy (non-hydrogen) atoms. The highest BCUT2D eigenvalue weighted by molar-refractivity contribution is 6.00. The number of anilines is 1. The number of allylic oxidation sites excluding steroid dienone is 2. The second-order valence-corrected chi connectivity index (χ2v) is 9.96. The lowest BCUT2D eigenvalue weighted by atomic mass is 9.83. The number of nitrogens with two attached hydrogens (primary N) is 1. The van der Waals surface area contributed by atoms with Gasteiger partial charge in [-0.3, -0.25) is 9.69 Å². The van der Waals surface area contributed by atoms with Crippen molar-refractivity contribution in [1.82, 2.24) is 24.7 Å². The van der Waals surface area contributed by atoms with Gasteiger partial charge in [0.15, 0.2) is 17.3 Å². The van der Waals surface area contributed by atoms with E-state index in [9.17, 15) is 4.79 Å². The second kappa shape index (κ2) is 10.5. The predicted octanol–water partition coefficient (Wildman–Crippen LogP) is 3.20. The SMILES string of the molecule is COc1ccc(-c2nnc3c4ccccc4c(NC4(CCN5CCOCC5)C=CC=C(C(N)=O)C4)nn23)cc1. The Morgan fingerprint density at radius 1 is 1.10 bits per heavy atom. The number of rotatable bonds is 8. The van der Waals surface area contributed by atoms with Gasteiger partial charge in [-0.2, -0.15) is 4.52 Å². The Balaban J connectivity index is 1.43. The Morgan fingerprint density at radius 3 is 2.62 bits per heavy atom. The van der Waals surface area contributed by atoms with Crippen LogP contribution in [0.2, 0.25) is 0 Å². The van der Waals surface area contributed by atoms with E-state index in [1.807, 2.05) is 54.6 Å². The van der Waals surface area contributed by atoms with Gasteiger partial charge in [-0.25, -0.2) is 0 Å². The first kappa shape index (κ1) is 25.0. The highest BCUT2D eigenvalue weighted by atomic mass is 16.5. The molecule has 1 aliphatic carbocycles. The summed E-state index contributed by atoms with van der Waals surface area (Å²) in [6.45, 7) is 4.08. The van der Waals surface area contributed by atoms with E-state index in [2.05, 4.69) is 26.5 Å². The first-order valence-corrected chi connectivity index (χ1v) is 13.1. The highest BCUT2D eigenvalue weighted by Gasteiger charge is 2.33. The first-order valence-electron chi connectivity index (χ1n) is 13.1. The monoisotopic (exact) mass is 525 g/mol. The number of primary amides is 1. The zero-order chi connectivity index (χ0) is 26.8. The number of morpholine rings is 1. The van der Waals surface area contributed by atoms with Gasteiger partial charge in [-0.05, 0) is 30.7 Å². The van der Waals surface area contributed by atoms with Crippen LogP contribution < -0.4 is 15.8 Å². The molecule has 1 amide bonds. The Hall–Kier alpha value is -4.28. The molecule has 0 bridgehead atoms. The number of ether oxygens (including phenoxy) is 2. The number of aromatic nitrogens is 4. The Kier molecular flexibility index (Phi) is 6.72. The summed E-state index contributed by atoms with van der Waals surface area (Å²) in [6, 6.07) is 15.7. The fourth-order valence-corrected chi connectivity index (χ4v) is 5.31. The van der Waals surface area contributed by atoms with Crippen LogP contribution in [-0.4, -0.2) is 76.1 Å². The van der Waals surface area contributed by atoms with Crippen molar-refractivity contribution in [3.63, 3.8) is 0 Å². The standard InChI is InChI=1S/C29H31N7O3/c1-38-22-10-8-20(9-11-22)27-32-33-28-24-7-3-2-6-23(24)26(34-36(27)28)31-29(12-4-5-21(19-29)25(30)37)13-14-35-15-17-39-18-16-35/h2-12H,13-19H2,1H3,(H2,30,37)(H,31,34). The number of benzene rings is 2. The van der Waals surface area contributed by atoms with Crippen molar-refractivity contribution >= 4 is 28.1 Å². The number of carbonyl (C=O) groups is 1. The van der Waals surface area contributed by atoms with E-state index in [1.165, 1.54) is 0 Å². The zero-order valence-electron chi connectivity index (χ0n) is 21.8.